The summed E-state index contributed by atoms with van der Waals surface area (Å²) in [4.78, 5) is 12.8. The van der Waals surface area contributed by atoms with E-state index in [1.54, 1.807) is 0 Å². The smallest absolute Gasteiger partial charge is 0.252 e. The summed E-state index contributed by atoms with van der Waals surface area (Å²) in [5.74, 6) is 0.372. The van der Waals surface area contributed by atoms with Gasteiger partial charge in [-0.3, -0.25) is 4.79 Å². The first kappa shape index (κ1) is 14.2. The predicted molar refractivity (Wildman–Crippen MR) is 89.1 cm³/mol. The molecule has 0 saturated carbocycles. The molecule has 0 unspecified atom stereocenters. The minimum Gasteiger partial charge on any atom is -0.319 e. The van der Waals surface area contributed by atoms with Gasteiger partial charge in [0.1, 0.15) is 6.04 Å². The van der Waals surface area contributed by atoms with Gasteiger partial charge in [-0.25, -0.2) is 4.57 Å². The Kier molecular flexibility index (Phi) is 3.48. The largest absolute Gasteiger partial charge is 0.319 e. The molecular weight excluding hydrogens is 308 g/mol. The summed E-state index contributed by atoms with van der Waals surface area (Å²) < 4.78 is 1.53. The standard InChI is InChI=1S/C17H14N4OS/c18-13-14(11-7-3-1-4-8-11)23-17-20-19-15(21(17)16(13)22)12-9-5-2-6-10-12/h1-10,13-14H,18H2/t13-,14+/m0/s1. The molecular formula is C17H14N4OS. The molecule has 1 aromatic heterocycles. The molecule has 6 heteroatoms. The highest BCUT2D eigenvalue weighted by atomic mass is 32.2. The molecule has 0 aliphatic carbocycles. The van der Waals surface area contributed by atoms with Crippen molar-refractivity contribution >= 4 is 17.7 Å². The van der Waals surface area contributed by atoms with Crippen molar-refractivity contribution in [3.63, 3.8) is 0 Å². The van der Waals surface area contributed by atoms with Crippen LogP contribution in [0.1, 0.15) is 15.6 Å². The number of aromatic nitrogens is 3. The van der Waals surface area contributed by atoms with Crippen molar-refractivity contribution in [1.29, 1.82) is 0 Å². The SMILES string of the molecule is N[C@@H]1C(=O)n2c(nnc2-c2ccccc2)S[C@@H]1c1ccccc1. The van der Waals surface area contributed by atoms with Gasteiger partial charge in [0.2, 0.25) is 0 Å². The van der Waals surface area contributed by atoms with Crippen molar-refractivity contribution in [2.24, 2.45) is 5.73 Å². The van der Waals surface area contributed by atoms with E-state index in [-0.39, 0.29) is 11.2 Å². The fourth-order valence-corrected chi connectivity index (χ4v) is 3.86. The van der Waals surface area contributed by atoms with E-state index in [4.69, 9.17) is 5.73 Å². The predicted octanol–water partition coefficient (Wildman–Crippen LogP) is 2.76. The second kappa shape index (κ2) is 5.64. The Hall–Kier alpha value is -2.44. The van der Waals surface area contributed by atoms with Gasteiger partial charge >= 0.3 is 0 Å². The van der Waals surface area contributed by atoms with Crippen molar-refractivity contribution < 1.29 is 4.79 Å². The first-order valence-corrected chi connectivity index (χ1v) is 8.16. The molecule has 0 bridgehead atoms. The first-order valence-electron chi connectivity index (χ1n) is 7.28. The summed E-state index contributed by atoms with van der Waals surface area (Å²) in [5, 5.41) is 8.83. The molecule has 4 rings (SSSR count). The van der Waals surface area contributed by atoms with Crippen molar-refractivity contribution in [2.75, 3.05) is 0 Å². The first-order chi connectivity index (χ1) is 11.3. The average molecular weight is 322 g/mol. The fourth-order valence-electron chi connectivity index (χ4n) is 2.70. The molecule has 1 aliphatic heterocycles. The maximum Gasteiger partial charge on any atom is 0.252 e. The number of carbonyl (C=O) groups is 1. The van der Waals surface area contributed by atoms with E-state index in [1.165, 1.54) is 16.3 Å². The lowest BCUT2D eigenvalue weighted by molar-refractivity contribution is 0.0862. The van der Waals surface area contributed by atoms with Gasteiger partial charge in [0, 0.05) is 5.56 Å². The highest BCUT2D eigenvalue weighted by Crippen LogP contribution is 2.41. The van der Waals surface area contributed by atoms with E-state index in [2.05, 4.69) is 10.2 Å². The molecule has 2 aromatic carbocycles. The maximum absolute atomic E-state index is 12.8. The maximum atomic E-state index is 12.8. The number of thioether (sulfide) groups is 1. The molecule has 23 heavy (non-hydrogen) atoms. The van der Waals surface area contributed by atoms with Gasteiger partial charge in [-0.15, -0.1) is 10.2 Å². The van der Waals surface area contributed by atoms with Crippen LogP contribution in [0.15, 0.2) is 65.8 Å². The molecule has 0 fully saturated rings. The van der Waals surface area contributed by atoms with Gasteiger partial charge in [-0.1, -0.05) is 72.4 Å². The lowest BCUT2D eigenvalue weighted by Gasteiger charge is -2.27. The molecule has 5 nitrogen and oxygen atoms in total. The molecule has 0 radical (unpaired) electrons. The zero-order chi connectivity index (χ0) is 15.8. The lowest BCUT2D eigenvalue weighted by Crippen LogP contribution is -2.42. The van der Waals surface area contributed by atoms with Crippen LogP contribution in [0.25, 0.3) is 11.4 Å². The molecule has 2 N–H and O–H groups in total. The van der Waals surface area contributed by atoms with Gasteiger partial charge in [-0.2, -0.15) is 0 Å². The van der Waals surface area contributed by atoms with Crippen LogP contribution >= 0.6 is 11.8 Å². The summed E-state index contributed by atoms with van der Waals surface area (Å²) >= 11 is 1.48. The Morgan fingerprint density at radius 3 is 2.30 bits per heavy atom. The fraction of sp³-hybridized carbons (Fsp3) is 0.118. The summed E-state index contributed by atoms with van der Waals surface area (Å²) in [6.07, 6.45) is 0. The number of fused-ring (bicyclic) bond motifs is 1. The lowest BCUT2D eigenvalue weighted by atomic mass is 10.0. The number of carbonyl (C=O) groups excluding carboxylic acids is 1. The van der Waals surface area contributed by atoms with Crippen LogP contribution in [0.5, 0.6) is 0 Å². The summed E-state index contributed by atoms with van der Waals surface area (Å²) in [6.45, 7) is 0. The van der Waals surface area contributed by atoms with Gasteiger partial charge in [-0.05, 0) is 5.56 Å². The Balaban J connectivity index is 1.78. The number of nitrogens with two attached hydrogens (primary N) is 1. The molecule has 1 aliphatic rings. The van der Waals surface area contributed by atoms with Gasteiger partial charge in [0.25, 0.3) is 5.91 Å². The molecule has 0 spiro atoms. The molecule has 0 amide bonds. The Morgan fingerprint density at radius 1 is 0.957 bits per heavy atom. The second-order valence-corrected chi connectivity index (χ2v) is 6.43. The third-order valence-electron chi connectivity index (χ3n) is 3.86. The number of nitrogens with zero attached hydrogens (tertiary/aromatic N) is 3. The van der Waals surface area contributed by atoms with E-state index >= 15 is 0 Å². The Morgan fingerprint density at radius 2 is 1.61 bits per heavy atom. The van der Waals surface area contributed by atoms with Gasteiger partial charge in [0.05, 0.1) is 5.25 Å². The van der Waals surface area contributed by atoms with Crippen LogP contribution in [-0.4, -0.2) is 26.7 Å². The minimum absolute atomic E-state index is 0.149. The van der Waals surface area contributed by atoms with Crippen molar-refractivity contribution in [3.8, 4) is 11.4 Å². The minimum atomic E-state index is -0.631. The molecule has 2 heterocycles. The third-order valence-corrected chi connectivity index (χ3v) is 5.15. The van der Waals surface area contributed by atoms with Crippen molar-refractivity contribution in [3.05, 3.63) is 66.2 Å². The van der Waals surface area contributed by atoms with Crippen LogP contribution in [0.4, 0.5) is 0 Å². The van der Waals surface area contributed by atoms with E-state index in [0.717, 1.165) is 11.1 Å². The van der Waals surface area contributed by atoms with E-state index in [9.17, 15) is 4.79 Å². The summed E-state index contributed by atoms with van der Waals surface area (Å²) in [5.41, 5.74) is 8.10. The Labute approximate surface area is 137 Å². The topological polar surface area (TPSA) is 73.8 Å². The summed E-state index contributed by atoms with van der Waals surface area (Å²) in [6, 6.07) is 18.7. The number of hydrogen-bond donors (Lipinski definition) is 1. The van der Waals surface area contributed by atoms with E-state index in [1.807, 2.05) is 60.7 Å². The highest BCUT2D eigenvalue weighted by molar-refractivity contribution is 7.99. The van der Waals surface area contributed by atoms with Crippen molar-refractivity contribution in [2.45, 2.75) is 16.4 Å². The third kappa shape index (κ3) is 2.36. The molecule has 0 saturated heterocycles. The Bertz CT molecular complexity index is 848. The van der Waals surface area contributed by atoms with Crippen molar-refractivity contribution in [1.82, 2.24) is 14.8 Å². The van der Waals surface area contributed by atoms with Gasteiger partial charge < -0.3 is 5.73 Å². The number of rotatable bonds is 2. The van der Waals surface area contributed by atoms with Crippen LogP contribution in [0.3, 0.4) is 0 Å². The number of benzene rings is 2. The van der Waals surface area contributed by atoms with Crippen LogP contribution in [-0.2, 0) is 0 Å². The van der Waals surface area contributed by atoms with E-state index in [0.29, 0.717) is 11.0 Å². The average Bonchev–Trinajstić information content (AvgIpc) is 3.04. The van der Waals surface area contributed by atoms with E-state index < -0.39 is 6.04 Å². The summed E-state index contributed by atoms with van der Waals surface area (Å²) in [7, 11) is 0. The molecule has 2 atom stereocenters. The monoisotopic (exact) mass is 322 g/mol. The zero-order valence-electron chi connectivity index (χ0n) is 12.2. The van der Waals surface area contributed by atoms with Crippen LogP contribution in [0, 0.1) is 0 Å². The van der Waals surface area contributed by atoms with Gasteiger partial charge in [0.15, 0.2) is 11.0 Å². The molecule has 114 valence electrons. The van der Waals surface area contributed by atoms with Crippen LogP contribution in [0.2, 0.25) is 0 Å². The normalized spacial score (nSPS) is 20.3. The molecule has 3 aromatic rings. The highest BCUT2D eigenvalue weighted by Gasteiger charge is 2.37. The number of hydrogen-bond acceptors (Lipinski definition) is 5. The van der Waals surface area contributed by atoms with Crippen LogP contribution < -0.4 is 5.73 Å². The zero-order valence-corrected chi connectivity index (χ0v) is 13.0. The second-order valence-electron chi connectivity index (χ2n) is 5.32. The quantitative estimate of drug-likeness (QED) is 0.785.